The molecule has 0 unspecified atom stereocenters. The fraction of sp³-hybridized carbons (Fsp3) is 0.261. The second kappa shape index (κ2) is 5.54. The van der Waals surface area contributed by atoms with Crippen LogP contribution in [0.4, 0.5) is 0 Å². The first-order valence-electron chi connectivity index (χ1n) is 9.42. The van der Waals surface area contributed by atoms with Crippen LogP contribution in [0.15, 0.2) is 60.8 Å². The van der Waals surface area contributed by atoms with Crippen molar-refractivity contribution in [3.05, 3.63) is 60.8 Å². The zero-order chi connectivity index (χ0) is 18.8. The molecule has 1 aromatic heterocycles. The summed E-state index contributed by atoms with van der Waals surface area (Å²) >= 11 is 0. The maximum Gasteiger partial charge on any atom is 0.495 e. The molecule has 0 amide bonds. The molecule has 3 nitrogen and oxygen atoms in total. The van der Waals surface area contributed by atoms with E-state index in [1.165, 1.54) is 10.8 Å². The number of aromatic nitrogens is 1. The van der Waals surface area contributed by atoms with E-state index in [4.69, 9.17) is 14.3 Å². The van der Waals surface area contributed by atoms with Gasteiger partial charge in [0.15, 0.2) is 0 Å². The average Bonchev–Trinajstić information content (AvgIpc) is 2.88. The summed E-state index contributed by atoms with van der Waals surface area (Å²) in [7, 11) is -0.409. The van der Waals surface area contributed by atoms with Gasteiger partial charge in [0.05, 0.1) is 16.7 Å². The van der Waals surface area contributed by atoms with Gasteiger partial charge in [-0.1, -0.05) is 48.5 Å². The summed E-state index contributed by atoms with van der Waals surface area (Å²) in [6.45, 7) is 8.37. The van der Waals surface area contributed by atoms with E-state index in [0.717, 1.165) is 27.1 Å². The minimum Gasteiger partial charge on any atom is -0.399 e. The van der Waals surface area contributed by atoms with Crippen molar-refractivity contribution < 1.29 is 9.31 Å². The minimum atomic E-state index is -0.409. The van der Waals surface area contributed by atoms with Gasteiger partial charge in [0, 0.05) is 17.0 Å². The van der Waals surface area contributed by atoms with Gasteiger partial charge in [-0.05, 0) is 55.4 Å². The van der Waals surface area contributed by atoms with Gasteiger partial charge in [0.25, 0.3) is 0 Å². The number of pyridine rings is 1. The standard InChI is InChI=1S/C23H22BNO2/c1-22(2)23(3,4)27-24(26-22)19-13-15-9-5-6-10-16(15)18-14-25-20-12-8-7-11-17(20)21(18)19/h5-14H,1-4H3. The van der Waals surface area contributed by atoms with Crippen molar-refractivity contribution in [3.8, 4) is 0 Å². The zero-order valence-electron chi connectivity index (χ0n) is 16.1. The maximum absolute atomic E-state index is 6.41. The highest BCUT2D eigenvalue weighted by Gasteiger charge is 2.52. The molecule has 27 heavy (non-hydrogen) atoms. The normalized spacial score (nSPS) is 18.6. The molecule has 0 aliphatic carbocycles. The molecule has 2 heterocycles. The van der Waals surface area contributed by atoms with Gasteiger partial charge in [-0.2, -0.15) is 0 Å². The lowest BCUT2D eigenvalue weighted by Gasteiger charge is -2.32. The molecule has 0 atom stereocenters. The van der Waals surface area contributed by atoms with Gasteiger partial charge < -0.3 is 9.31 Å². The van der Waals surface area contributed by atoms with Crippen LogP contribution in [0, 0.1) is 0 Å². The van der Waals surface area contributed by atoms with E-state index < -0.39 is 7.12 Å². The van der Waals surface area contributed by atoms with E-state index in [2.05, 4.69) is 76.2 Å². The molecule has 4 aromatic rings. The highest BCUT2D eigenvalue weighted by atomic mass is 16.7. The Morgan fingerprint density at radius 3 is 2.15 bits per heavy atom. The fourth-order valence-electron chi connectivity index (χ4n) is 3.92. The van der Waals surface area contributed by atoms with Crippen LogP contribution in [0.2, 0.25) is 0 Å². The molecule has 3 aromatic carbocycles. The van der Waals surface area contributed by atoms with Gasteiger partial charge in [0.1, 0.15) is 0 Å². The molecule has 0 N–H and O–H groups in total. The molecule has 1 fully saturated rings. The van der Waals surface area contributed by atoms with Crippen LogP contribution in [0.5, 0.6) is 0 Å². The van der Waals surface area contributed by atoms with Crippen LogP contribution < -0.4 is 5.46 Å². The Morgan fingerprint density at radius 2 is 1.41 bits per heavy atom. The third kappa shape index (κ3) is 2.40. The lowest BCUT2D eigenvalue weighted by atomic mass is 9.74. The quantitative estimate of drug-likeness (QED) is 0.362. The highest BCUT2D eigenvalue weighted by Crippen LogP contribution is 2.38. The number of hydrogen-bond acceptors (Lipinski definition) is 3. The zero-order valence-corrected chi connectivity index (χ0v) is 16.1. The van der Waals surface area contributed by atoms with Gasteiger partial charge >= 0.3 is 7.12 Å². The third-order valence-electron chi connectivity index (χ3n) is 6.13. The summed E-state index contributed by atoms with van der Waals surface area (Å²) in [4.78, 5) is 4.70. The van der Waals surface area contributed by atoms with Crippen LogP contribution in [-0.4, -0.2) is 23.3 Å². The third-order valence-corrected chi connectivity index (χ3v) is 6.13. The van der Waals surface area contributed by atoms with E-state index in [0.29, 0.717) is 0 Å². The van der Waals surface area contributed by atoms with Crippen molar-refractivity contribution in [2.75, 3.05) is 0 Å². The average molecular weight is 355 g/mol. The number of rotatable bonds is 1. The molecule has 0 saturated carbocycles. The van der Waals surface area contributed by atoms with Crippen LogP contribution in [-0.2, 0) is 9.31 Å². The molecular formula is C23H22BNO2. The van der Waals surface area contributed by atoms with Gasteiger partial charge in [-0.25, -0.2) is 0 Å². The molecule has 134 valence electrons. The Morgan fingerprint density at radius 1 is 0.778 bits per heavy atom. The Labute approximate surface area is 159 Å². The number of fused-ring (bicyclic) bond motifs is 5. The minimum absolute atomic E-state index is 0.377. The summed E-state index contributed by atoms with van der Waals surface area (Å²) in [5, 5.41) is 5.80. The molecule has 0 spiro atoms. The number of nitrogens with zero attached hydrogens (tertiary/aromatic N) is 1. The van der Waals surface area contributed by atoms with E-state index in [-0.39, 0.29) is 11.2 Å². The monoisotopic (exact) mass is 355 g/mol. The van der Waals surface area contributed by atoms with Crippen molar-refractivity contribution >= 4 is 45.0 Å². The summed E-state index contributed by atoms with van der Waals surface area (Å²) in [5.74, 6) is 0. The Bertz CT molecular complexity index is 1180. The molecule has 0 bridgehead atoms. The number of benzene rings is 3. The molecule has 4 heteroatoms. The van der Waals surface area contributed by atoms with Crippen molar-refractivity contribution in [1.82, 2.24) is 4.98 Å². The smallest absolute Gasteiger partial charge is 0.399 e. The first-order valence-corrected chi connectivity index (χ1v) is 9.42. The van der Waals surface area contributed by atoms with E-state index in [1.807, 2.05) is 12.3 Å². The predicted molar refractivity (Wildman–Crippen MR) is 112 cm³/mol. The summed E-state index contributed by atoms with van der Waals surface area (Å²) < 4.78 is 12.8. The van der Waals surface area contributed by atoms with Crippen molar-refractivity contribution in [2.24, 2.45) is 0 Å². The first-order chi connectivity index (χ1) is 12.9. The second-order valence-corrected chi connectivity index (χ2v) is 8.34. The van der Waals surface area contributed by atoms with Gasteiger partial charge in [0.2, 0.25) is 0 Å². The second-order valence-electron chi connectivity index (χ2n) is 8.34. The molecular weight excluding hydrogens is 333 g/mol. The lowest BCUT2D eigenvalue weighted by molar-refractivity contribution is 0.00578. The van der Waals surface area contributed by atoms with E-state index in [9.17, 15) is 0 Å². The van der Waals surface area contributed by atoms with Gasteiger partial charge in [-0.15, -0.1) is 0 Å². The van der Waals surface area contributed by atoms with Crippen LogP contribution >= 0.6 is 0 Å². The van der Waals surface area contributed by atoms with Crippen molar-refractivity contribution in [2.45, 2.75) is 38.9 Å². The maximum atomic E-state index is 6.41. The predicted octanol–water partition coefficient (Wildman–Crippen LogP) is 4.84. The van der Waals surface area contributed by atoms with E-state index >= 15 is 0 Å². The van der Waals surface area contributed by atoms with Crippen molar-refractivity contribution in [3.63, 3.8) is 0 Å². The molecule has 1 aliphatic heterocycles. The van der Waals surface area contributed by atoms with Gasteiger partial charge in [-0.3, -0.25) is 4.98 Å². The largest absolute Gasteiger partial charge is 0.495 e. The SMILES string of the molecule is CC1(C)OB(c2cc3ccccc3c3cnc4ccccc4c23)OC1(C)C. The lowest BCUT2D eigenvalue weighted by Crippen LogP contribution is -2.41. The topological polar surface area (TPSA) is 31.4 Å². The Balaban J connectivity index is 1.89. The molecule has 5 rings (SSSR count). The number of hydrogen-bond donors (Lipinski definition) is 0. The Kier molecular flexibility index (Phi) is 3.43. The highest BCUT2D eigenvalue weighted by molar-refractivity contribution is 6.66. The number of para-hydroxylation sites is 1. The summed E-state index contributed by atoms with van der Waals surface area (Å²) in [5.41, 5.74) is 1.30. The molecule has 0 radical (unpaired) electrons. The van der Waals surface area contributed by atoms with Crippen LogP contribution in [0.3, 0.4) is 0 Å². The summed E-state index contributed by atoms with van der Waals surface area (Å²) in [6, 6.07) is 18.9. The summed E-state index contributed by atoms with van der Waals surface area (Å²) in [6.07, 6.45) is 1.98. The van der Waals surface area contributed by atoms with Crippen molar-refractivity contribution in [1.29, 1.82) is 0 Å². The molecule has 1 aliphatic rings. The van der Waals surface area contributed by atoms with E-state index in [1.54, 1.807) is 0 Å². The Hall–Kier alpha value is -2.43. The fourth-order valence-corrected chi connectivity index (χ4v) is 3.92. The van der Waals surface area contributed by atoms with Crippen LogP contribution in [0.1, 0.15) is 27.7 Å². The molecule has 1 saturated heterocycles. The first kappa shape index (κ1) is 16.7. The van der Waals surface area contributed by atoms with Crippen LogP contribution in [0.25, 0.3) is 32.4 Å².